The smallest absolute Gasteiger partial charge is 0.260 e. The zero-order chi connectivity index (χ0) is 32.6. The predicted octanol–water partition coefficient (Wildman–Crippen LogP) is 1.84. The molecule has 1 saturated heterocycles. The number of nitrogens with two attached hydrogens (primary N) is 1. The Hall–Kier alpha value is -5.25. The van der Waals surface area contributed by atoms with Crippen molar-refractivity contribution in [3.8, 4) is 11.4 Å². The number of aromatic nitrogens is 3. The van der Waals surface area contributed by atoms with Crippen LogP contribution in [0.3, 0.4) is 0 Å². The number of hydrogen-bond donors (Lipinski definition) is 4. The number of ether oxygens (including phenoxy) is 1. The van der Waals surface area contributed by atoms with Crippen LogP contribution in [0, 0.1) is 0 Å². The molecule has 0 bridgehead atoms. The van der Waals surface area contributed by atoms with E-state index in [2.05, 4.69) is 15.6 Å². The van der Waals surface area contributed by atoms with Crippen LogP contribution in [0.5, 0.6) is 5.75 Å². The van der Waals surface area contributed by atoms with Gasteiger partial charge >= 0.3 is 0 Å². The Labute approximate surface area is 262 Å². The Bertz CT molecular complexity index is 2040. The number of anilines is 2. The van der Waals surface area contributed by atoms with Crippen molar-refractivity contribution in [2.24, 2.45) is 0 Å². The largest absolute Gasteiger partial charge is 0.507 e. The van der Waals surface area contributed by atoms with Crippen molar-refractivity contribution in [1.29, 1.82) is 0 Å². The van der Waals surface area contributed by atoms with Crippen LogP contribution in [-0.4, -0.2) is 83.0 Å². The Morgan fingerprint density at radius 2 is 1.89 bits per heavy atom. The molecular weight excluding hydrogens is 616 g/mol. The van der Waals surface area contributed by atoms with Gasteiger partial charge in [0.1, 0.15) is 11.4 Å². The second-order valence-electron chi connectivity index (χ2n) is 11.0. The molecule has 238 valence electrons. The van der Waals surface area contributed by atoms with Crippen LogP contribution in [0.2, 0.25) is 0 Å². The molecule has 0 radical (unpaired) electrons. The number of amides is 2. The molecule has 5 aromatic rings. The standard InChI is InChI=1S/C31H30N6O8S/c1-46(42,43)21-9-7-20(8-10-21)37-13-12-26(34-37)36-14-15-44-27(30(36)40)31(41,18-33-29(39)22-4-2-3-5-24(22)38)17-19-6-11-23-25(16-19)45-35-28(23)32/h2-13,16,27,38,41H,14-15,17-18H2,1H3,(H2,32,35)(H,33,39)/t27-,31?/m0/s1. The van der Waals surface area contributed by atoms with E-state index >= 15 is 0 Å². The maximum absolute atomic E-state index is 14.0. The highest BCUT2D eigenvalue weighted by atomic mass is 32.2. The molecule has 2 atom stereocenters. The molecule has 15 heteroatoms. The first kappa shape index (κ1) is 30.8. The number of nitrogen functional groups attached to an aromatic ring is 1. The molecule has 3 aromatic carbocycles. The number of fused-ring (bicyclic) bond motifs is 1. The summed E-state index contributed by atoms with van der Waals surface area (Å²) in [6.07, 6.45) is 1.17. The van der Waals surface area contributed by atoms with Crippen LogP contribution in [-0.2, 0) is 25.8 Å². The molecule has 0 spiro atoms. The summed E-state index contributed by atoms with van der Waals surface area (Å²) in [5.74, 6) is -0.998. The summed E-state index contributed by atoms with van der Waals surface area (Å²) in [6.45, 7) is -0.217. The van der Waals surface area contributed by atoms with E-state index in [0.717, 1.165) is 6.26 Å². The highest BCUT2D eigenvalue weighted by molar-refractivity contribution is 7.90. The summed E-state index contributed by atoms with van der Waals surface area (Å²) in [5.41, 5.74) is 5.37. The molecule has 1 aliphatic heterocycles. The molecule has 1 unspecified atom stereocenters. The Morgan fingerprint density at radius 1 is 1.13 bits per heavy atom. The van der Waals surface area contributed by atoms with Gasteiger partial charge in [-0.25, -0.2) is 13.1 Å². The summed E-state index contributed by atoms with van der Waals surface area (Å²) in [6, 6.07) is 18.7. The van der Waals surface area contributed by atoms with Crippen LogP contribution < -0.4 is 16.0 Å². The number of para-hydroxylation sites is 1. The van der Waals surface area contributed by atoms with Crippen molar-refractivity contribution < 1.29 is 37.5 Å². The predicted molar refractivity (Wildman–Crippen MR) is 166 cm³/mol. The molecule has 0 aliphatic carbocycles. The van der Waals surface area contributed by atoms with Gasteiger partial charge in [0.05, 0.1) is 41.2 Å². The summed E-state index contributed by atoms with van der Waals surface area (Å²) in [7, 11) is -3.37. The van der Waals surface area contributed by atoms with E-state index in [1.165, 1.54) is 33.8 Å². The number of aliphatic hydroxyl groups is 1. The number of phenols is 1. The summed E-state index contributed by atoms with van der Waals surface area (Å²) in [5, 5.41) is 33.8. The van der Waals surface area contributed by atoms with E-state index < -0.39 is 39.9 Å². The first-order valence-corrected chi connectivity index (χ1v) is 16.0. The van der Waals surface area contributed by atoms with Crippen LogP contribution in [0.15, 0.2) is 88.4 Å². The third-order valence-electron chi connectivity index (χ3n) is 7.74. The minimum atomic E-state index is -3.37. The van der Waals surface area contributed by atoms with Crippen molar-refractivity contribution in [1.82, 2.24) is 20.3 Å². The minimum Gasteiger partial charge on any atom is -0.507 e. The number of aromatic hydroxyl groups is 1. The Morgan fingerprint density at radius 3 is 2.63 bits per heavy atom. The summed E-state index contributed by atoms with van der Waals surface area (Å²) >= 11 is 0. The molecule has 2 aromatic heterocycles. The Kier molecular flexibility index (Phi) is 7.97. The van der Waals surface area contributed by atoms with Crippen molar-refractivity contribution >= 4 is 44.3 Å². The van der Waals surface area contributed by atoms with E-state index in [1.807, 2.05) is 0 Å². The van der Waals surface area contributed by atoms with Gasteiger partial charge < -0.3 is 30.5 Å². The average molecular weight is 647 g/mol. The van der Waals surface area contributed by atoms with Gasteiger partial charge in [-0.1, -0.05) is 23.4 Å². The molecule has 2 amide bonds. The number of nitrogens with zero attached hydrogens (tertiary/aromatic N) is 4. The monoisotopic (exact) mass is 646 g/mol. The lowest BCUT2D eigenvalue weighted by molar-refractivity contribution is -0.157. The van der Waals surface area contributed by atoms with E-state index in [9.17, 15) is 28.2 Å². The second-order valence-corrected chi connectivity index (χ2v) is 13.0. The van der Waals surface area contributed by atoms with Crippen LogP contribution in [0.25, 0.3) is 16.7 Å². The van der Waals surface area contributed by atoms with Gasteiger partial charge in [-0.2, -0.15) is 0 Å². The van der Waals surface area contributed by atoms with Crippen molar-refractivity contribution in [2.75, 3.05) is 36.6 Å². The SMILES string of the molecule is CS(=O)(=O)c1ccc(-n2ccc(N3CCO[C@H](C(O)(CNC(=O)c4ccccc4O)Cc4ccc5c(N)noc5c4)C3=O)n2)cc1. The quantitative estimate of drug-likeness (QED) is 0.182. The first-order valence-electron chi connectivity index (χ1n) is 14.1. The van der Waals surface area contributed by atoms with Crippen LogP contribution >= 0.6 is 0 Å². The summed E-state index contributed by atoms with van der Waals surface area (Å²) < 4.78 is 36.3. The molecule has 14 nitrogen and oxygen atoms in total. The lowest BCUT2D eigenvalue weighted by atomic mass is 9.86. The van der Waals surface area contributed by atoms with E-state index in [-0.39, 0.29) is 47.4 Å². The second kappa shape index (κ2) is 11.9. The van der Waals surface area contributed by atoms with Crippen LogP contribution in [0.1, 0.15) is 15.9 Å². The first-order chi connectivity index (χ1) is 21.9. The number of benzene rings is 3. The fourth-order valence-electron chi connectivity index (χ4n) is 5.35. The summed E-state index contributed by atoms with van der Waals surface area (Å²) in [4.78, 5) is 28.5. The molecule has 1 aliphatic rings. The third-order valence-corrected chi connectivity index (χ3v) is 8.87. The van der Waals surface area contributed by atoms with Crippen molar-refractivity contribution in [3.05, 3.63) is 90.1 Å². The number of nitrogens with one attached hydrogen (secondary N) is 1. The van der Waals surface area contributed by atoms with E-state index in [0.29, 0.717) is 22.2 Å². The van der Waals surface area contributed by atoms with Gasteiger partial charge in [0.2, 0.25) is 0 Å². The van der Waals surface area contributed by atoms with Gasteiger partial charge in [0.15, 0.2) is 33.2 Å². The maximum Gasteiger partial charge on any atom is 0.260 e. The Balaban J connectivity index is 1.28. The molecular formula is C31H30N6O8S. The number of sulfone groups is 1. The average Bonchev–Trinajstić information content (AvgIpc) is 3.67. The normalized spacial score (nSPS) is 16.8. The number of morpholine rings is 1. The highest BCUT2D eigenvalue weighted by Gasteiger charge is 2.47. The van der Waals surface area contributed by atoms with Gasteiger partial charge in [0, 0.05) is 24.9 Å². The fraction of sp³-hybridized carbons (Fsp3) is 0.226. The van der Waals surface area contributed by atoms with E-state index in [1.54, 1.807) is 54.7 Å². The molecule has 6 rings (SSSR count). The lowest BCUT2D eigenvalue weighted by Crippen LogP contribution is -2.63. The lowest BCUT2D eigenvalue weighted by Gasteiger charge is -2.40. The van der Waals surface area contributed by atoms with Crippen LogP contribution in [0.4, 0.5) is 11.6 Å². The maximum atomic E-state index is 14.0. The van der Waals surface area contributed by atoms with Gasteiger partial charge in [-0.3, -0.25) is 14.5 Å². The van der Waals surface area contributed by atoms with Gasteiger partial charge in [-0.15, -0.1) is 5.10 Å². The molecule has 0 saturated carbocycles. The highest BCUT2D eigenvalue weighted by Crippen LogP contribution is 2.29. The number of carbonyl (C=O) groups excluding carboxylic acids is 2. The minimum absolute atomic E-state index is 0.00368. The van der Waals surface area contributed by atoms with Crippen molar-refractivity contribution in [3.63, 3.8) is 0 Å². The number of carbonyl (C=O) groups is 2. The van der Waals surface area contributed by atoms with Gasteiger partial charge in [0.25, 0.3) is 11.8 Å². The molecule has 1 fully saturated rings. The topological polar surface area (TPSA) is 203 Å². The number of phenolic OH excluding ortho intramolecular Hbond substituents is 1. The molecule has 5 N–H and O–H groups in total. The third kappa shape index (κ3) is 6.02. The number of rotatable bonds is 9. The zero-order valence-corrected chi connectivity index (χ0v) is 25.3. The number of hydrogen-bond acceptors (Lipinski definition) is 11. The molecule has 3 heterocycles. The van der Waals surface area contributed by atoms with E-state index in [4.69, 9.17) is 15.0 Å². The van der Waals surface area contributed by atoms with Crippen molar-refractivity contribution in [2.45, 2.75) is 23.0 Å². The fourth-order valence-corrected chi connectivity index (χ4v) is 5.98. The molecule has 46 heavy (non-hydrogen) atoms. The zero-order valence-electron chi connectivity index (χ0n) is 24.5. The van der Waals surface area contributed by atoms with Gasteiger partial charge in [-0.05, 0) is 54.1 Å².